The smallest absolute Gasteiger partial charge is 0.243 e. The van der Waals surface area contributed by atoms with Gasteiger partial charge in [-0.1, -0.05) is 27.7 Å². The van der Waals surface area contributed by atoms with Crippen LogP contribution in [0.2, 0.25) is 0 Å². The second kappa shape index (κ2) is 8.51. The number of nitrogens with zero attached hydrogens (tertiary/aromatic N) is 2. The summed E-state index contributed by atoms with van der Waals surface area (Å²) in [6.45, 7) is 11.2. The van der Waals surface area contributed by atoms with Crippen LogP contribution < -0.4 is 10.0 Å². The van der Waals surface area contributed by atoms with Crippen molar-refractivity contribution in [3.8, 4) is 0 Å². The van der Waals surface area contributed by atoms with Crippen molar-refractivity contribution in [2.75, 3.05) is 19.6 Å². The number of rotatable bonds is 10. The van der Waals surface area contributed by atoms with E-state index in [-0.39, 0.29) is 4.90 Å². The van der Waals surface area contributed by atoms with Gasteiger partial charge in [0.25, 0.3) is 0 Å². The number of hydrogen-bond donors (Lipinski definition) is 2. The van der Waals surface area contributed by atoms with Gasteiger partial charge in [0.2, 0.25) is 10.0 Å². The van der Waals surface area contributed by atoms with Gasteiger partial charge in [0, 0.05) is 19.3 Å². The molecule has 0 saturated carbocycles. The maximum atomic E-state index is 12.2. The Balaban J connectivity index is 2.53. The van der Waals surface area contributed by atoms with Crippen LogP contribution in [0.5, 0.6) is 0 Å². The van der Waals surface area contributed by atoms with Gasteiger partial charge in [-0.05, 0) is 24.8 Å². The fourth-order valence-electron chi connectivity index (χ4n) is 1.66. The molecule has 1 aromatic rings. The van der Waals surface area contributed by atoms with E-state index < -0.39 is 10.0 Å². The Labute approximate surface area is 128 Å². The molecule has 1 heterocycles. The monoisotopic (exact) mass is 316 g/mol. The van der Waals surface area contributed by atoms with Crippen LogP contribution in [0, 0.1) is 11.8 Å². The maximum Gasteiger partial charge on any atom is 0.243 e. The lowest BCUT2D eigenvalue weighted by molar-refractivity contribution is 0.414. The summed E-state index contributed by atoms with van der Waals surface area (Å²) in [6.07, 6.45) is 4.06. The van der Waals surface area contributed by atoms with Crippen LogP contribution in [0.4, 0.5) is 0 Å². The Kier molecular flexibility index (Phi) is 7.34. The molecule has 0 fully saturated rings. The molecule has 0 spiro atoms. The number of nitrogens with one attached hydrogen (secondary N) is 2. The standard InChI is InChI=1S/C14H28N4O2S/c1-5-6-15-7-8-18-11-14(10-16-18)21(19,20)17-9-13(4)12(2)3/h10-13,15,17H,5-9H2,1-4H3. The Bertz CT molecular complexity index is 511. The summed E-state index contributed by atoms with van der Waals surface area (Å²) >= 11 is 0. The minimum Gasteiger partial charge on any atom is -0.315 e. The van der Waals surface area contributed by atoms with E-state index in [9.17, 15) is 8.42 Å². The molecule has 0 aliphatic rings. The molecule has 0 saturated heterocycles. The summed E-state index contributed by atoms with van der Waals surface area (Å²) in [7, 11) is -3.46. The predicted octanol–water partition coefficient (Wildman–Crippen LogP) is 1.45. The third-order valence-electron chi connectivity index (χ3n) is 3.60. The van der Waals surface area contributed by atoms with Crippen molar-refractivity contribution in [3.63, 3.8) is 0 Å². The molecule has 122 valence electrons. The van der Waals surface area contributed by atoms with E-state index >= 15 is 0 Å². The highest BCUT2D eigenvalue weighted by molar-refractivity contribution is 7.89. The third-order valence-corrected chi connectivity index (χ3v) is 4.98. The van der Waals surface area contributed by atoms with Crippen LogP contribution in [0.1, 0.15) is 34.1 Å². The molecule has 21 heavy (non-hydrogen) atoms. The van der Waals surface area contributed by atoms with Gasteiger partial charge in [-0.2, -0.15) is 5.10 Å². The highest BCUT2D eigenvalue weighted by Gasteiger charge is 2.18. The molecule has 0 bridgehead atoms. The fourth-order valence-corrected chi connectivity index (χ4v) is 2.76. The van der Waals surface area contributed by atoms with Crippen molar-refractivity contribution in [1.82, 2.24) is 19.8 Å². The Morgan fingerprint density at radius 1 is 1.29 bits per heavy atom. The van der Waals surface area contributed by atoms with E-state index in [1.807, 2.05) is 6.92 Å². The molecule has 0 radical (unpaired) electrons. The first-order chi connectivity index (χ1) is 9.86. The fraction of sp³-hybridized carbons (Fsp3) is 0.786. The number of sulfonamides is 1. The summed E-state index contributed by atoms with van der Waals surface area (Å²) in [6, 6.07) is 0. The van der Waals surface area contributed by atoms with Crippen LogP contribution in [0.15, 0.2) is 17.3 Å². The molecule has 0 aliphatic carbocycles. The molecular formula is C14H28N4O2S. The van der Waals surface area contributed by atoms with Gasteiger partial charge in [0.1, 0.15) is 4.90 Å². The molecule has 2 N–H and O–H groups in total. The zero-order chi connectivity index (χ0) is 15.9. The lowest BCUT2D eigenvalue weighted by atomic mass is 9.99. The SMILES string of the molecule is CCCNCCn1cc(S(=O)(=O)NCC(C)C(C)C)cn1. The Morgan fingerprint density at radius 2 is 2.00 bits per heavy atom. The topological polar surface area (TPSA) is 76.0 Å². The number of aromatic nitrogens is 2. The first-order valence-corrected chi connectivity index (χ1v) is 9.08. The molecule has 6 nitrogen and oxygen atoms in total. The molecule has 0 aromatic carbocycles. The summed E-state index contributed by atoms with van der Waals surface area (Å²) < 4.78 is 28.6. The van der Waals surface area contributed by atoms with Gasteiger partial charge in [0.15, 0.2) is 0 Å². The lowest BCUT2D eigenvalue weighted by Crippen LogP contribution is -2.30. The van der Waals surface area contributed by atoms with Crippen molar-refractivity contribution < 1.29 is 8.42 Å². The van der Waals surface area contributed by atoms with Crippen molar-refractivity contribution in [1.29, 1.82) is 0 Å². The van der Waals surface area contributed by atoms with Gasteiger partial charge in [-0.25, -0.2) is 13.1 Å². The van der Waals surface area contributed by atoms with E-state index in [1.165, 1.54) is 6.20 Å². The first-order valence-electron chi connectivity index (χ1n) is 7.59. The first kappa shape index (κ1) is 18.1. The molecule has 7 heteroatoms. The minimum atomic E-state index is -3.46. The minimum absolute atomic E-state index is 0.231. The van der Waals surface area contributed by atoms with Crippen molar-refractivity contribution in [2.45, 2.75) is 45.6 Å². The molecule has 1 atom stereocenters. The zero-order valence-electron chi connectivity index (χ0n) is 13.5. The molecule has 1 unspecified atom stereocenters. The summed E-state index contributed by atoms with van der Waals surface area (Å²) in [5.74, 6) is 0.744. The van der Waals surface area contributed by atoms with Gasteiger partial charge >= 0.3 is 0 Å². The maximum absolute atomic E-state index is 12.2. The van der Waals surface area contributed by atoms with E-state index in [1.54, 1.807) is 10.9 Å². The highest BCUT2D eigenvalue weighted by atomic mass is 32.2. The highest BCUT2D eigenvalue weighted by Crippen LogP contribution is 2.11. The quantitative estimate of drug-likeness (QED) is 0.641. The van der Waals surface area contributed by atoms with Gasteiger partial charge in [-0.3, -0.25) is 4.68 Å². The van der Waals surface area contributed by atoms with E-state index in [0.29, 0.717) is 24.9 Å². The van der Waals surface area contributed by atoms with Gasteiger partial charge < -0.3 is 5.32 Å². The van der Waals surface area contributed by atoms with Crippen LogP contribution >= 0.6 is 0 Å². The Morgan fingerprint density at radius 3 is 2.62 bits per heavy atom. The van der Waals surface area contributed by atoms with Gasteiger partial charge in [0.05, 0.1) is 12.7 Å². The zero-order valence-corrected chi connectivity index (χ0v) is 14.3. The molecule has 0 amide bonds. The summed E-state index contributed by atoms with van der Waals surface area (Å²) in [4.78, 5) is 0.231. The second-order valence-electron chi connectivity index (χ2n) is 5.76. The largest absolute Gasteiger partial charge is 0.315 e. The van der Waals surface area contributed by atoms with E-state index in [4.69, 9.17) is 0 Å². The average Bonchev–Trinajstić information content (AvgIpc) is 2.90. The summed E-state index contributed by atoms with van der Waals surface area (Å²) in [5, 5.41) is 7.36. The van der Waals surface area contributed by atoms with E-state index in [2.05, 4.69) is 35.9 Å². The summed E-state index contributed by atoms with van der Waals surface area (Å²) in [5.41, 5.74) is 0. The number of hydrogen-bond acceptors (Lipinski definition) is 4. The lowest BCUT2D eigenvalue weighted by Gasteiger charge is -2.15. The second-order valence-corrected chi connectivity index (χ2v) is 7.53. The molecular weight excluding hydrogens is 288 g/mol. The van der Waals surface area contributed by atoms with Crippen molar-refractivity contribution in [2.24, 2.45) is 11.8 Å². The third kappa shape index (κ3) is 6.15. The molecule has 1 aromatic heterocycles. The van der Waals surface area contributed by atoms with Crippen molar-refractivity contribution in [3.05, 3.63) is 12.4 Å². The Hall–Kier alpha value is -0.920. The van der Waals surface area contributed by atoms with Crippen LogP contribution in [-0.4, -0.2) is 37.8 Å². The van der Waals surface area contributed by atoms with Crippen LogP contribution in [-0.2, 0) is 16.6 Å². The van der Waals surface area contributed by atoms with Gasteiger partial charge in [-0.15, -0.1) is 0 Å². The van der Waals surface area contributed by atoms with Crippen LogP contribution in [0.25, 0.3) is 0 Å². The van der Waals surface area contributed by atoms with Crippen molar-refractivity contribution >= 4 is 10.0 Å². The van der Waals surface area contributed by atoms with Crippen LogP contribution in [0.3, 0.4) is 0 Å². The predicted molar refractivity (Wildman–Crippen MR) is 84.6 cm³/mol. The normalized spacial score (nSPS) is 13.8. The molecule has 0 aliphatic heterocycles. The molecule has 1 rings (SSSR count). The van der Waals surface area contributed by atoms with E-state index in [0.717, 1.165) is 19.5 Å². The average molecular weight is 316 g/mol.